The van der Waals surface area contributed by atoms with Crippen LogP contribution in [0.5, 0.6) is 0 Å². The number of carbonyl (C=O) groups excluding carboxylic acids is 1. The van der Waals surface area contributed by atoms with Gasteiger partial charge in [-0.25, -0.2) is 8.78 Å². The van der Waals surface area contributed by atoms with Crippen molar-refractivity contribution >= 4 is 5.91 Å². The Labute approximate surface area is 118 Å². The van der Waals surface area contributed by atoms with Gasteiger partial charge in [0.15, 0.2) is 0 Å². The van der Waals surface area contributed by atoms with Crippen LogP contribution in [0.1, 0.15) is 18.4 Å². The second-order valence-corrected chi connectivity index (χ2v) is 5.38. The Morgan fingerprint density at radius 1 is 1.35 bits per heavy atom. The van der Waals surface area contributed by atoms with Gasteiger partial charge in [-0.2, -0.15) is 0 Å². The number of carbonyl (C=O) groups is 1. The lowest BCUT2D eigenvalue weighted by molar-refractivity contribution is -0.129. The monoisotopic (exact) mass is 282 g/mol. The molecule has 2 rings (SSSR count). The molecule has 0 saturated carbocycles. The van der Waals surface area contributed by atoms with E-state index in [4.69, 9.17) is 0 Å². The Morgan fingerprint density at radius 3 is 2.70 bits per heavy atom. The Bertz CT molecular complexity index is 473. The Morgan fingerprint density at radius 2 is 2.05 bits per heavy atom. The van der Waals surface area contributed by atoms with Crippen LogP contribution in [0.15, 0.2) is 18.2 Å². The first-order valence-electron chi connectivity index (χ1n) is 6.95. The van der Waals surface area contributed by atoms with Crippen molar-refractivity contribution in [3.63, 3.8) is 0 Å². The highest BCUT2D eigenvalue weighted by Gasteiger charge is 2.19. The first kappa shape index (κ1) is 14.9. The molecule has 0 atom stereocenters. The number of likely N-dealkylation sites (N-methyl/N-ethyl adjacent to an activating group) is 1. The second kappa shape index (κ2) is 6.79. The van der Waals surface area contributed by atoms with E-state index < -0.39 is 11.6 Å². The molecule has 110 valence electrons. The summed E-state index contributed by atoms with van der Waals surface area (Å²) in [5.74, 6) is -0.910. The second-order valence-electron chi connectivity index (χ2n) is 5.38. The molecule has 1 saturated heterocycles. The maximum Gasteiger partial charge on any atom is 0.226 e. The van der Waals surface area contributed by atoms with Crippen molar-refractivity contribution in [3.8, 4) is 0 Å². The van der Waals surface area contributed by atoms with Crippen LogP contribution in [0.4, 0.5) is 8.78 Å². The van der Waals surface area contributed by atoms with E-state index in [1.165, 1.54) is 12.1 Å². The van der Waals surface area contributed by atoms with Crippen LogP contribution in [0.3, 0.4) is 0 Å². The van der Waals surface area contributed by atoms with E-state index >= 15 is 0 Å². The van der Waals surface area contributed by atoms with E-state index in [0.717, 1.165) is 32.0 Å². The van der Waals surface area contributed by atoms with Crippen LogP contribution < -0.4 is 5.32 Å². The van der Waals surface area contributed by atoms with E-state index in [2.05, 4.69) is 5.32 Å². The quantitative estimate of drug-likeness (QED) is 0.915. The van der Waals surface area contributed by atoms with Gasteiger partial charge in [0.2, 0.25) is 5.91 Å². The lowest BCUT2D eigenvalue weighted by atomic mass is 9.97. The molecule has 1 N–H and O–H groups in total. The number of benzene rings is 1. The van der Waals surface area contributed by atoms with E-state index in [-0.39, 0.29) is 17.9 Å². The zero-order chi connectivity index (χ0) is 14.5. The van der Waals surface area contributed by atoms with E-state index in [1.807, 2.05) is 0 Å². The number of hydrogen-bond acceptors (Lipinski definition) is 2. The average molecular weight is 282 g/mol. The third-order valence-electron chi connectivity index (χ3n) is 3.77. The summed E-state index contributed by atoms with van der Waals surface area (Å²) in [6.07, 6.45) is 2.10. The summed E-state index contributed by atoms with van der Waals surface area (Å²) in [5.41, 5.74) is 0.244. The lowest BCUT2D eigenvalue weighted by Crippen LogP contribution is -2.37. The van der Waals surface area contributed by atoms with Gasteiger partial charge in [0.05, 0.1) is 6.42 Å². The molecule has 1 aliphatic rings. The summed E-state index contributed by atoms with van der Waals surface area (Å²) in [7, 11) is 1.74. The first-order valence-corrected chi connectivity index (χ1v) is 6.95. The third-order valence-corrected chi connectivity index (χ3v) is 3.77. The number of amides is 1. The molecule has 5 heteroatoms. The van der Waals surface area contributed by atoms with Crippen LogP contribution in [-0.2, 0) is 11.2 Å². The highest BCUT2D eigenvalue weighted by Crippen LogP contribution is 2.15. The SMILES string of the molecule is CN(CC1CCNCC1)C(=O)Cc1ccc(F)cc1F. The molecule has 20 heavy (non-hydrogen) atoms. The summed E-state index contributed by atoms with van der Waals surface area (Å²) in [4.78, 5) is 13.7. The fourth-order valence-electron chi connectivity index (χ4n) is 2.52. The van der Waals surface area contributed by atoms with Crippen molar-refractivity contribution in [3.05, 3.63) is 35.4 Å². The van der Waals surface area contributed by atoms with E-state index in [1.54, 1.807) is 11.9 Å². The van der Waals surface area contributed by atoms with Crippen molar-refractivity contribution in [2.45, 2.75) is 19.3 Å². The van der Waals surface area contributed by atoms with Crippen molar-refractivity contribution in [2.75, 3.05) is 26.7 Å². The zero-order valence-electron chi connectivity index (χ0n) is 11.7. The Balaban J connectivity index is 1.89. The Hall–Kier alpha value is -1.49. The van der Waals surface area contributed by atoms with E-state index in [0.29, 0.717) is 12.5 Å². The average Bonchev–Trinajstić information content (AvgIpc) is 2.43. The number of hydrogen-bond donors (Lipinski definition) is 1. The Kier molecular flexibility index (Phi) is 5.06. The first-order chi connectivity index (χ1) is 9.56. The fourth-order valence-corrected chi connectivity index (χ4v) is 2.52. The number of rotatable bonds is 4. The van der Waals surface area contributed by atoms with Crippen molar-refractivity contribution in [1.29, 1.82) is 0 Å². The minimum atomic E-state index is -0.659. The topological polar surface area (TPSA) is 32.3 Å². The number of nitrogens with zero attached hydrogens (tertiary/aromatic N) is 1. The molecule has 1 aliphatic heterocycles. The largest absolute Gasteiger partial charge is 0.345 e. The molecule has 0 aliphatic carbocycles. The van der Waals surface area contributed by atoms with Gasteiger partial charge < -0.3 is 10.2 Å². The molecular formula is C15H20F2N2O. The number of halogens is 2. The normalized spacial score (nSPS) is 16.1. The van der Waals surface area contributed by atoms with Crippen molar-refractivity contribution < 1.29 is 13.6 Å². The maximum atomic E-state index is 13.5. The molecule has 0 spiro atoms. The zero-order valence-corrected chi connectivity index (χ0v) is 11.7. The minimum absolute atomic E-state index is 0.0203. The standard InChI is InChI=1S/C15H20F2N2O/c1-19(10-11-4-6-18-7-5-11)15(20)8-12-2-3-13(16)9-14(12)17/h2-3,9,11,18H,4-8,10H2,1H3. The maximum absolute atomic E-state index is 13.5. The van der Waals surface area contributed by atoms with Gasteiger partial charge in [0, 0.05) is 19.7 Å². The lowest BCUT2D eigenvalue weighted by Gasteiger charge is -2.27. The molecule has 1 aromatic carbocycles. The fraction of sp³-hybridized carbons (Fsp3) is 0.533. The molecule has 1 amide bonds. The molecule has 0 radical (unpaired) electrons. The third kappa shape index (κ3) is 4.00. The molecule has 0 bridgehead atoms. The molecule has 1 heterocycles. The van der Waals surface area contributed by atoms with Crippen molar-refractivity contribution in [2.24, 2.45) is 5.92 Å². The summed E-state index contributed by atoms with van der Waals surface area (Å²) in [6, 6.07) is 3.33. The van der Waals surface area contributed by atoms with Gasteiger partial charge in [0.25, 0.3) is 0 Å². The van der Waals surface area contributed by atoms with Gasteiger partial charge >= 0.3 is 0 Å². The van der Waals surface area contributed by atoms with E-state index in [9.17, 15) is 13.6 Å². The van der Waals surface area contributed by atoms with Gasteiger partial charge in [-0.3, -0.25) is 4.79 Å². The molecule has 0 unspecified atom stereocenters. The highest BCUT2D eigenvalue weighted by molar-refractivity contribution is 5.78. The van der Waals surface area contributed by atoms with Gasteiger partial charge in [-0.1, -0.05) is 6.07 Å². The van der Waals surface area contributed by atoms with Crippen LogP contribution in [0, 0.1) is 17.6 Å². The van der Waals surface area contributed by atoms with Gasteiger partial charge in [0.1, 0.15) is 11.6 Å². The number of nitrogens with one attached hydrogen (secondary N) is 1. The summed E-state index contributed by atoms with van der Waals surface area (Å²) in [6.45, 7) is 2.67. The molecular weight excluding hydrogens is 262 g/mol. The molecule has 0 aromatic heterocycles. The minimum Gasteiger partial charge on any atom is -0.345 e. The highest BCUT2D eigenvalue weighted by atomic mass is 19.1. The van der Waals surface area contributed by atoms with Crippen LogP contribution in [-0.4, -0.2) is 37.5 Å². The van der Waals surface area contributed by atoms with Crippen LogP contribution in [0.25, 0.3) is 0 Å². The van der Waals surface area contributed by atoms with Crippen LogP contribution >= 0.6 is 0 Å². The summed E-state index contributed by atoms with van der Waals surface area (Å²) < 4.78 is 26.3. The van der Waals surface area contributed by atoms with Crippen molar-refractivity contribution in [1.82, 2.24) is 10.2 Å². The number of piperidine rings is 1. The van der Waals surface area contributed by atoms with Gasteiger partial charge in [-0.05, 0) is 43.5 Å². The molecule has 1 aromatic rings. The summed E-state index contributed by atoms with van der Waals surface area (Å²) in [5, 5.41) is 3.28. The summed E-state index contributed by atoms with van der Waals surface area (Å²) >= 11 is 0. The van der Waals surface area contributed by atoms with Crippen LogP contribution in [0.2, 0.25) is 0 Å². The predicted octanol–water partition coefficient (Wildman–Crippen LogP) is 1.97. The smallest absolute Gasteiger partial charge is 0.226 e. The predicted molar refractivity (Wildman–Crippen MR) is 73.3 cm³/mol. The van der Waals surface area contributed by atoms with Gasteiger partial charge in [-0.15, -0.1) is 0 Å². The molecule has 3 nitrogen and oxygen atoms in total. The molecule has 1 fully saturated rings.